The molecule has 5 heteroatoms. The largest absolute Gasteiger partial charge is 0.306 e. The molecule has 1 aliphatic rings. The molecule has 1 aliphatic carbocycles. The van der Waals surface area contributed by atoms with Crippen molar-refractivity contribution in [2.45, 2.75) is 43.1 Å². The van der Waals surface area contributed by atoms with Gasteiger partial charge in [0.05, 0.1) is 5.25 Å². The van der Waals surface area contributed by atoms with Crippen LogP contribution in [0.25, 0.3) is 0 Å². The molecule has 1 aromatic heterocycles. The number of Topliss-reactive ketones (excluding diaryl/α,β-unsaturated/α-hetero) is 1. The van der Waals surface area contributed by atoms with Gasteiger partial charge in [-0.2, -0.15) is 0 Å². The topological polar surface area (TPSA) is 47.8 Å². The highest BCUT2D eigenvalue weighted by atomic mass is 32.2. The van der Waals surface area contributed by atoms with E-state index in [2.05, 4.69) is 14.8 Å². The lowest BCUT2D eigenvalue weighted by Gasteiger charge is -2.10. The molecule has 0 bridgehead atoms. The Labute approximate surface area is 122 Å². The van der Waals surface area contributed by atoms with Gasteiger partial charge >= 0.3 is 0 Å². The number of carbonyl (C=O) groups is 1. The summed E-state index contributed by atoms with van der Waals surface area (Å²) in [6.07, 6.45) is 4.14. The Morgan fingerprint density at radius 1 is 1.35 bits per heavy atom. The Balaban J connectivity index is 1.72. The summed E-state index contributed by atoms with van der Waals surface area (Å²) in [6, 6.07) is 8.25. The zero-order valence-corrected chi connectivity index (χ0v) is 12.4. The molecular weight excluding hydrogens is 270 g/mol. The molecule has 0 N–H and O–H groups in total. The minimum atomic E-state index is -0.153. The standard InChI is InChI=1S/C15H17N3OS/c1-10-3-5-12(6-4-10)14(19)11(2)20-15-17-16-9-18(15)13-7-8-13/h3-6,9,11,13H,7-8H2,1-2H3. The fourth-order valence-corrected chi connectivity index (χ4v) is 3.06. The normalized spacial score (nSPS) is 16.1. The number of benzene rings is 1. The number of carbonyl (C=O) groups excluding carboxylic acids is 1. The van der Waals surface area contributed by atoms with Gasteiger partial charge < -0.3 is 4.57 Å². The van der Waals surface area contributed by atoms with Gasteiger partial charge in [0.15, 0.2) is 10.9 Å². The first-order valence-corrected chi connectivity index (χ1v) is 7.70. The highest BCUT2D eigenvalue weighted by Gasteiger charge is 2.28. The lowest BCUT2D eigenvalue weighted by Crippen LogP contribution is -2.14. The van der Waals surface area contributed by atoms with E-state index in [-0.39, 0.29) is 11.0 Å². The van der Waals surface area contributed by atoms with Crippen molar-refractivity contribution in [3.63, 3.8) is 0 Å². The predicted octanol–water partition coefficient (Wildman–Crippen LogP) is 3.28. The second kappa shape index (κ2) is 5.40. The number of nitrogens with zero attached hydrogens (tertiary/aromatic N) is 3. The summed E-state index contributed by atoms with van der Waals surface area (Å²) in [4.78, 5) is 12.4. The zero-order valence-electron chi connectivity index (χ0n) is 11.6. The lowest BCUT2D eigenvalue weighted by atomic mass is 10.1. The number of thioether (sulfide) groups is 1. The molecule has 3 rings (SSSR count). The Hall–Kier alpha value is -1.62. The van der Waals surface area contributed by atoms with Crippen molar-refractivity contribution in [3.05, 3.63) is 41.7 Å². The van der Waals surface area contributed by atoms with Crippen molar-refractivity contribution >= 4 is 17.5 Å². The van der Waals surface area contributed by atoms with E-state index < -0.39 is 0 Å². The van der Waals surface area contributed by atoms with E-state index in [1.807, 2.05) is 38.1 Å². The van der Waals surface area contributed by atoms with E-state index in [1.54, 1.807) is 6.33 Å². The summed E-state index contributed by atoms with van der Waals surface area (Å²) in [5.41, 5.74) is 1.92. The number of aromatic nitrogens is 3. The highest BCUT2D eigenvalue weighted by molar-refractivity contribution is 8.00. The molecule has 1 saturated carbocycles. The minimum absolute atomic E-state index is 0.139. The van der Waals surface area contributed by atoms with Crippen molar-refractivity contribution in [3.8, 4) is 0 Å². The molecule has 0 saturated heterocycles. The Kier molecular flexibility index (Phi) is 3.61. The SMILES string of the molecule is Cc1ccc(C(=O)C(C)Sc2nncn2C2CC2)cc1. The average molecular weight is 287 g/mol. The maximum atomic E-state index is 12.4. The molecule has 2 aromatic rings. The summed E-state index contributed by atoms with van der Waals surface area (Å²) >= 11 is 1.49. The van der Waals surface area contributed by atoms with Crippen molar-refractivity contribution in [2.75, 3.05) is 0 Å². The van der Waals surface area contributed by atoms with Crippen LogP contribution in [0, 0.1) is 6.92 Å². The number of ketones is 1. The van der Waals surface area contributed by atoms with E-state index >= 15 is 0 Å². The molecule has 0 aliphatic heterocycles. The molecule has 1 aromatic carbocycles. The monoisotopic (exact) mass is 287 g/mol. The third-order valence-electron chi connectivity index (χ3n) is 3.47. The van der Waals surface area contributed by atoms with Crippen LogP contribution in [0.3, 0.4) is 0 Å². The summed E-state index contributed by atoms with van der Waals surface area (Å²) in [5.74, 6) is 0.139. The van der Waals surface area contributed by atoms with Crippen LogP contribution in [0.5, 0.6) is 0 Å². The van der Waals surface area contributed by atoms with Crippen molar-refractivity contribution < 1.29 is 4.79 Å². The van der Waals surface area contributed by atoms with Gasteiger partial charge in [-0.15, -0.1) is 10.2 Å². The fourth-order valence-electron chi connectivity index (χ4n) is 2.08. The molecule has 0 radical (unpaired) electrons. The van der Waals surface area contributed by atoms with Gasteiger partial charge in [-0.3, -0.25) is 4.79 Å². The van der Waals surface area contributed by atoms with E-state index in [9.17, 15) is 4.79 Å². The molecule has 1 fully saturated rings. The molecule has 4 nitrogen and oxygen atoms in total. The fraction of sp³-hybridized carbons (Fsp3) is 0.400. The first-order chi connectivity index (χ1) is 9.65. The second-order valence-electron chi connectivity index (χ2n) is 5.24. The van der Waals surface area contributed by atoms with Crippen LogP contribution in [-0.4, -0.2) is 25.8 Å². The smallest absolute Gasteiger partial charge is 0.191 e. The number of hydrogen-bond donors (Lipinski definition) is 0. The number of aryl methyl sites for hydroxylation is 1. The first kappa shape index (κ1) is 13.4. The molecule has 0 amide bonds. The van der Waals surface area contributed by atoms with Crippen LogP contribution in [0.2, 0.25) is 0 Å². The van der Waals surface area contributed by atoms with E-state index in [0.29, 0.717) is 6.04 Å². The summed E-state index contributed by atoms with van der Waals surface area (Å²) < 4.78 is 2.09. The van der Waals surface area contributed by atoms with Gasteiger partial charge in [0.1, 0.15) is 6.33 Å². The first-order valence-electron chi connectivity index (χ1n) is 6.82. The maximum absolute atomic E-state index is 12.4. The van der Waals surface area contributed by atoms with Gasteiger partial charge in [-0.1, -0.05) is 41.6 Å². The molecule has 1 heterocycles. The van der Waals surface area contributed by atoms with Gasteiger partial charge in [-0.25, -0.2) is 0 Å². The van der Waals surface area contributed by atoms with Crippen molar-refractivity contribution in [2.24, 2.45) is 0 Å². The Morgan fingerprint density at radius 2 is 2.05 bits per heavy atom. The lowest BCUT2D eigenvalue weighted by molar-refractivity contribution is 0.0994. The molecule has 1 atom stereocenters. The minimum Gasteiger partial charge on any atom is -0.306 e. The average Bonchev–Trinajstić information content (AvgIpc) is 3.19. The van der Waals surface area contributed by atoms with Crippen LogP contribution in [0.15, 0.2) is 35.7 Å². The third kappa shape index (κ3) is 2.77. The third-order valence-corrected chi connectivity index (χ3v) is 4.54. The molecular formula is C15H17N3OS. The number of hydrogen-bond acceptors (Lipinski definition) is 4. The van der Waals surface area contributed by atoms with E-state index in [1.165, 1.54) is 24.6 Å². The molecule has 0 spiro atoms. The summed E-state index contributed by atoms with van der Waals surface area (Å²) in [6.45, 7) is 3.95. The van der Waals surface area contributed by atoms with E-state index in [0.717, 1.165) is 16.3 Å². The highest BCUT2D eigenvalue weighted by Crippen LogP contribution is 2.38. The van der Waals surface area contributed by atoms with Crippen molar-refractivity contribution in [1.29, 1.82) is 0 Å². The van der Waals surface area contributed by atoms with Gasteiger partial charge in [0.2, 0.25) is 0 Å². The van der Waals surface area contributed by atoms with E-state index in [4.69, 9.17) is 0 Å². The van der Waals surface area contributed by atoms with Crippen molar-refractivity contribution in [1.82, 2.24) is 14.8 Å². The van der Waals surface area contributed by atoms with Crippen LogP contribution in [0.4, 0.5) is 0 Å². The summed E-state index contributed by atoms with van der Waals surface area (Å²) in [5, 5.41) is 8.79. The van der Waals surface area contributed by atoms with Crippen LogP contribution in [-0.2, 0) is 0 Å². The Morgan fingerprint density at radius 3 is 2.70 bits per heavy atom. The second-order valence-corrected chi connectivity index (χ2v) is 6.55. The number of rotatable bonds is 5. The van der Waals surface area contributed by atoms with Crippen LogP contribution >= 0.6 is 11.8 Å². The van der Waals surface area contributed by atoms with Gasteiger partial charge in [0, 0.05) is 11.6 Å². The van der Waals surface area contributed by atoms with Gasteiger partial charge in [0.25, 0.3) is 0 Å². The van der Waals surface area contributed by atoms with Gasteiger partial charge in [-0.05, 0) is 26.7 Å². The Bertz CT molecular complexity index is 616. The molecule has 1 unspecified atom stereocenters. The molecule has 104 valence electrons. The van der Waals surface area contributed by atoms with Crippen LogP contribution < -0.4 is 0 Å². The molecule has 20 heavy (non-hydrogen) atoms. The summed E-state index contributed by atoms with van der Waals surface area (Å²) in [7, 11) is 0. The maximum Gasteiger partial charge on any atom is 0.191 e. The van der Waals surface area contributed by atoms with Crippen LogP contribution in [0.1, 0.15) is 41.7 Å². The zero-order chi connectivity index (χ0) is 14.1. The predicted molar refractivity (Wildman–Crippen MR) is 79.1 cm³/mol. The quantitative estimate of drug-likeness (QED) is 0.625.